The molecule has 0 aromatic carbocycles. The van der Waals surface area contributed by atoms with Gasteiger partial charge in [-0.1, -0.05) is 0 Å². The molecule has 94 valence electrons. The molecule has 1 saturated carbocycles. The second-order valence-electron chi connectivity index (χ2n) is 5.52. The van der Waals surface area contributed by atoms with Gasteiger partial charge in [-0.2, -0.15) is 0 Å². The number of aliphatic carboxylic acids is 1. The Morgan fingerprint density at radius 1 is 1.35 bits per heavy atom. The first kappa shape index (κ1) is 12.0. The lowest BCUT2D eigenvalue weighted by atomic mass is 10.00. The molecular formula is C12H17NO4. The van der Waals surface area contributed by atoms with Gasteiger partial charge in [-0.25, -0.2) is 9.59 Å². The highest BCUT2D eigenvalue weighted by molar-refractivity contribution is 5.94. The predicted octanol–water partition coefficient (Wildman–Crippen LogP) is 1.99. The summed E-state index contributed by atoms with van der Waals surface area (Å²) in [5, 5.41) is 9.09. The minimum Gasteiger partial charge on any atom is -0.477 e. The Kier molecular flexibility index (Phi) is 2.64. The second kappa shape index (κ2) is 3.75. The number of nitrogens with zero attached hydrogens (tertiary/aromatic N) is 1. The van der Waals surface area contributed by atoms with Gasteiger partial charge in [0.25, 0.3) is 0 Å². The van der Waals surface area contributed by atoms with Gasteiger partial charge in [0.15, 0.2) is 0 Å². The molecule has 0 bridgehead atoms. The van der Waals surface area contributed by atoms with Crippen molar-refractivity contribution in [2.45, 2.75) is 39.2 Å². The normalized spacial score (nSPS) is 20.1. The van der Waals surface area contributed by atoms with Crippen molar-refractivity contribution in [2.75, 3.05) is 6.54 Å². The van der Waals surface area contributed by atoms with Crippen LogP contribution in [0.3, 0.4) is 0 Å². The van der Waals surface area contributed by atoms with Crippen molar-refractivity contribution in [3.8, 4) is 0 Å². The van der Waals surface area contributed by atoms with E-state index in [1.54, 1.807) is 20.8 Å². The highest BCUT2D eigenvalue weighted by Crippen LogP contribution is 2.43. The fourth-order valence-electron chi connectivity index (χ4n) is 1.89. The molecular weight excluding hydrogens is 222 g/mol. The summed E-state index contributed by atoms with van der Waals surface area (Å²) >= 11 is 0. The molecule has 0 radical (unpaired) electrons. The van der Waals surface area contributed by atoms with Crippen molar-refractivity contribution in [1.82, 2.24) is 4.90 Å². The van der Waals surface area contributed by atoms with Crippen LogP contribution in [0.25, 0.3) is 0 Å². The number of carboxylic acids is 1. The van der Waals surface area contributed by atoms with Gasteiger partial charge in [-0.3, -0.25) is 4.90 Å². The topological polar surface area (TPSA) is 66.8 Å². The van der Waals surface area contributed by atoms with Crippen LogP contribution in [0.4, 0.5) is 4.79 Å². The molecule has 1 fully saturated rings. The maximum Gasteiger partial charge on any atom is 0.415 e. The highest BCUT2D eigenvalue weighted by Gasteiger charge is 2.44. The molecule has 1 aliphatic carbocycles. The average molecular weight is 239 g/mol. The third-order valence-electron chi connectivity index (χ3n) is 2.79. The molecule has 1 amide bonds. The first-order valence-corrected chi connectivity index (χ1v) is 5.76. The molecule has 5 heteroatoms. The largest absolute Gasteiger partial charge is 0.477 e. The van der Waals surface area contributed by atoms with E-state index in [1.165, 1.54) is 4.90 Å². The lowest BCUT2D eigenvalue weighted by Crippen LogP contribution is -2.47. The summed E-state index contributed by atoms with van der Waals surface area (Å²) in [5.41, 5.74) is 0.417. The van der Waals surface area contributed by atoms with E-state index in [4.69, 9.17) is 9.84 Å². The molecule has 2 aliphatic rings. The zero-order chi connectivity index (χ0) is 12.8. The standard InChI is InChI=1S/C12H17NO4/c1-12(2,3)17-11(16)13-6-8(7-4-5-7)9(13)10(14)15/h7H,4-6H2,1-3H3,(H,14,15). The number of hydrogen-bond donors (Lipinski definition) is 1. The molecule has 17 heavy (non-hydrogen) atoms. The molecule has 1 N–H and O–H groups in total. The van der Waals surface area contributed by atoms with E-state index in [0.29, 0.717) is 12.5 Å². The fourth-order valence-corrected chi connectivity index (χ4v) is 1.89. The Labute approximate surface area is 100 Å². The van der Waals surface area contributed by atoms with Gasteiger partial charge in [-0.15, -0.1) is 0 Å². The van der Waals surface area contributed by atoms with Crippen molar-refractivity contribution in [3.05, 3.63) is 11.3 Å². The van der Waals surface area contributed by atoms with Gasteiger partial charge in [-0.05, 0) is 45.1 Å². The van der Waals surface area contributed by atoms with Crippen LogP contribution in [0, 0.1) is 5.92 Å². The summed E-state index contributed by atoms with van der Waals surface area (Å²) in [4.78, 5) is 24.1. The zero-order valence-electron chi connectivity index (χ0n) is 10.3. The van der Waals surface area contributed by atoms with E-state index in [1.807, 2.05) is 0 Å². The summed E-state index contributed by atoms with van der Waals surface area (Å²) in [6, 6.07) is 0. The Bertz CT molecular complexity index is 401. The quantitative estimate of drug-likeness (QED) is 0.800. The van der Waals surface area contributed by atoms with Gasteiger partial charge in [0.1, 0.15) is 11.3 Å². The molecule has 0 unspecified atom stereocenters. The lowest BCUT2D eigenvalue weighted by Gasteiger charge is -2.36. The first-order chi connectivity index (χ1) is 7.79. The van der Waals surface area contributed by atoms with Crippen LogP contribution in [-0.2, 0) is 9.53 Å². The van der Waals surface area contributed by atoms with Crippen molar-refractivity contribution < 1.29 is 19.4 Å². The summed E-state index contributed by atoms with van der Waals surface area (Å²) in [6.07, 6.45) is 1.50. The van der Waals surface area contributed by atoms with Crippen molar-refractivity contribution in [2.24, 2.45) is 5.92 Å². The summed E-state index contributed by atoms with van der Waals surface area (Å²) < 4.78 is 5.16. The Morgan fingerprint density at radius 3 is 2.35 bits per heavy atom. The number of hydrogen-bond acceptors (Lipinski definition) is 3. The zero-order valence-corrected chi connectivity index (χ0v) is 10.3. The summed E-state index contributed by atoms with van der Waals surface area (Å²) in [5.74, 6) is -0.663. The minimum atomic E-state index is -1.04. The maximum atomic E-state index is 11.8. The number of amides is 1. The lowest BCUT2D eigenvalue weighted by molar-refractivity contribution is -0.135. The van der Waals surface area contributed by atoms with Crippen LogP contribution in [0.15, 0.2) is 11.3 Å². The number of carbonyl (C=O) groups is 2. The molecule has 2 rings (SSSR count). The smallest absolute Gasteiger partial charge is 0.415 e. The third kappa shape index (κ3) is 2.43. The molecule has 0 aromatic rings. The van der Waals surface area contributed by atoms with E-state index < -0.39 is 17.7 Å². The number of rotatable bonds is 2. The van der Waals surface area contributed by atoms with Gasteiger partial charge >= 0.3 is 12.1 Å². The monoisotopic (exact) mass is 239 g/mol. The Morgan fingerprint density at radius 2 is 1.94 bits per heavy atom. The van der Waals surface area contributed by atoms with Gasteiger partial charge in [0, 0.05) is 0 Å². The summed E-state index contributed by atoms with van der Waals surface area (Å²) in [7, 11) is 0. The number of carbonyl (C=O) groups excluding carboxylic acids is 1. The SMILES string of the molecule is CC(C)(C)OC(=O)N1CC(C2CC2)=C1C(=O)O. The van der Waals surface area contributed by atoms with Gasteiger partial charge in [0.05, 0.1) is 6.54 Å². The number of ether oxygens (including phenoxy) is 1. The highest BCUT2D eigenvalue weighted by atomic mass is 16.6. The van der Waals surface area contributed by atoms with Crippen LogP contribution in [0.1, 0.15) is 33.6 Å². The molecule has 1 aliphatic heterocycles. The van der Waals surface area contributed by atoms with E-state index >= 15 is 0 Å². The van der Waals surface area contributed by atoms with E-state index in [9.17, 15) is 9.59 Å². The van der Waals surface area contributed by atoms with E-state index in [0.717, 1.165) is 18.4 Å². The molecule has 1 heterocycles. The average Bonchev–Trinajstić information content (AvgIpc) is 2.80. The van der Waals surface area contributed by atoms with E-state index in [2.05, 4.69) is 0 Å². The van der Waals surface area contributed by atoms with Gasteiger partial charge in [0.2, 0.25) is 0 Å². The van der Waals surface area contributed by atoms with Crippen LogP contribution in [0.2, 0.25) is 0 Å². The van der Waals surface area contributed by atoms with Crippen LogP contribution in [0.5, 0.6) is 0 Å². The van der Waals surface area contributed by atoms with Crippen molar-refractivity contribution in [3.63, 3.8) is 0 Å². The first-order valence-electron chi connectivity index (χ1n) is 5.76. The third-order valence-corrected chi connectivity index (χ3v) is 2.79. The van der Waals surface area contributed by atoms with Crippen LogP contribution < -0.4 is 0 Å². The van der Waals surface area contributed by atoms with Crippen molar-refractivity contribution >= 4 is 12.1 Å². The fraction of sp³-hybridized carbons (Fsp3) is 0.667. The van der Waals surface area contributed by atoms with Crippen molar-refractivity contribution in [1.29, 1.82) is 0 Å². The molecule has 0 spiro atoms. The second-order valence-corrected chi connectivity index (χ2v) is 5.52. The van der Waals surface area contributed by atoms with Crippen LogP contribution in [-0.4, -0.2) is 34.2 Å². The predicted molar refractivity (Wildman–Crippen MR) is 60.3 cm³/mol. The maximum absolute atomic E-state index is 11.8. The molecule has 5 nitrogen and oxygen atoms in total. The Hall–Kier alpha value is -1.52. The minimum absolute atomic E-state index is 0.127. The summed E-state index contributed by atoms with van der Waals surface area (Å²) in [6.45, 7) is 5.69. The molecule has 0 aromatic heterocycles. The van der Waals surface area contributed by atoms with Gasteiger partial charge < -0.3 is 9.84 Å². The van der Waals surface area contributed by atoms with Crippen LogP contribution >= 0.6 is 0 Å². The molecule has 0 atom stereocenters. The van der Waals surface area contributed by atoms with E-state index in [-0.39, 0.29) is 5.70 Å². The number of carboxylic acid groups (broad SMARTS) is 1. The molecule has 0 saturated heterocycles. The Balaban J connectivity index is 2.09.